The Morgan fingerprint density at radius 2 is 1.93 bits per heavy atom. The second-order valence-electron chi connectivity index (χ2n) is 6.98. The predicted octanol–water partition coefficient (Wildman–Crippen LogP) is 4.21. The summed E-state index contributed by atoms with van der Waals surface area (Å²) in [7, 11) is 3.38. The molecular weight excluding hydrogens is 422 g/mol. The van der Waals surface area contributed by atoms with Crippen LogP contribution in [0.5, 0.6) is 5.75 Å². The topological polar surface area (TPSA) is 73.2 Å². The number of fused-ring (bicyclic) bond motifs is 1. The predicted molar refractivity (Wildman–Crippen MR) is 119 cm³/mol. The Bertz CT molecular complexity index is 1160. The minimum absolute atomic E-state index is 0.145. The van der Waals surface area contributed by atoms with Crippen LogP contribution in [0.25, 0.3) is 0 Å². The third kappa shape index (κ3) is 3.95. The SMILES string of the molecule is COc1ccccc1C1CC(=O)Nc2c1c(=O)nc(SCc1ccc(Cl)cc1)n2C. The molecule has 4 rings (SSSR count). The average molecular weight is 442 g/mol. The highest BCUT2D eigenvalue weighted by Gasteiger charge is 2.33. The van der Waals surface area contributed by atoms with Gasteiger partial charge < -0.3 is 14.6 Å². The third-order valence-corrected chi connectivity index (χ3v) is 6.45. The van der Waals surface area contributed by atoms with Gasteiger partial charge in [0.25, 0.3) is 5.56 Å². The van der Waals surface area contributed by atoms with Crippen molar-refractivity contribution in [1.29, 1.82) is 0 Å². The molecule has 0 radical (unpaired) electrons. The Morgan fingerprint density at radius 1 is 1.20 bits per heavy atom. The fourth-order valence-electron chi connectivity index (χ4n) is 3.61. The number of nitrogens with one attached hydrogen (secondary N) is 1. The third-order valence-electron chi connectivity index (χ3n) is 5.10. The van der Waals surface area contributed by atoms with E-state index in [2.05, 4.69) is 10.3 Å². The van der Waals surface area contributed by atoms with Gasteiger partial charge in [0.05, 0.1) is 12.7 Å². The molecule has 1 aliphatic rings. The number of nitrogens with zero attached hydrogens (tertiary/aromatic N) is 2. The van der Waals surface area contributed by atoms with Crippen LogP contribution in [-0.2, 0) is 17.6 Å². The summed E-state index contributed by atoms with van der Waals surface area (Å²) in [6.07, 6.45) is 0.168. The quantitative estimate of drug-likeness (QED) is 0.474. The molecule has 1 atom stereocenters. The van der Waals surface area contributed by atoms with Gasteiger partial charge in [0, 0.05) is 35.7 Å². The molecule has 1 aliphatic heterocycles. The van der Waals surface area contributed by atoms with Crippen molar-refractivity contribution >= 4 is 35.1 Å². The van der Waals surface area contributed by atoms with Crippen LogP contribution < -0.4 is 15.6 Å². The molecule has 0 bridgehead atoms. The summed E-state index contributed by atoms with van der Waals surface area (Å²) in [6.45, 7) is 0. The second kappa shape index (κ2) is 8.53. The molecule has 154 valence electrons. The largest absolute Gasteiger partial charge is 0.496 e. The zero-order chi connectivity index (χ0) is 21.3. The Kier molecular flexibility index (Phi) is 5.83. The summed E-state index contributed by atoms with van der Waals surface area (Å²) in [6, 6.07) is 15.0. The molecule has 2 aromatic carbocycles. The molecule has 1 amide bonds. The molecule has 1 aromatic heterocycles. The lowest BCUT2D eigenvalue weighted by atomic mass is 9.86. The van der Waals surface area contributed by atoms with Crippen LogP contribution in [0.1, 0.15) is 29.0 Å². The Hall–Kier alpha value is -2.77. The van der Waals surface area contributed by atoms with Crippen molar-refractivity contribution in [2.24, 2.45) is 7.05 Å². The lowest BCUT2D eigenvalue weighted by molar-refractivity contribution is -0.116. The number of carbonyl (C=O) groups is 1. The highest BCUT2D eigenvalue weighted by Crippen LogP contribution is 2.39. The van der Waals surface area contributed by atoms with E-state index in [1.807, 2.05) is 48.5 Å². The first-order chi connectivity index (χ1) is 14.5. The first kappa shape index (κ1) is 20.5. The fourth-order valence-corrected chi connectivity index (χ4v) is 4.66. The van der Waals surface area contributed by atoms with E-state index in [1.165, 1.54) is 11.8 Å². The van der Waals surface area contributed by atoms with Crippen molar-refractivity contribution < 1.29 is 9.53 Å². The number of halogens is 1. The molecule has 1 N–H and O–H groups in total. The standard InChI is InChI=1S/C22H20ClN3O3S/c1-26-20-19(16(11-18(27)24-20)15-5-3-4-6-17(15)29-2)21(28)25-22(26)30-12-13-7-9-14(23)10-8-13/h3-10,16H,11-12H2,1-2H3,(H,24,27). The number of hydrogen-bond acceptors (Lipinski definition) is 5. The smallest absolute Gasteiger partial charge is 0.279 e. The van der Waals surface area contributed by atoms with Gasteiger partial charge >= 0.3 is 0 Å². The van der Waals surface area contributed by atoms with Gasteiger partial charge in [-0.3, -0.25) is 9.59 Å². The van der Waals surface area contributed by atoms with Crippen molar-refractivity contribution in [3.8, 4) is 5.75 Å². The van der Waals surface area contributed by atoms with Gasteiger partial charge in [-0.25, -0.2) is 0 Å². The van der Waals surface area contributed by atoms with E-state index in [1.54, 1.807) is 18.7 Å². The maximum absolute atomic E-state index is 13.0. The molecule has 3 aromatic rings. The van der Waals surface area contributed by atoms with E-state index in [-0.39, 0.29) is 17.9 Å². The first-order valence-corrected chi connectivity index (χ1v) is 10.7. The first-order valence-electron chi connectivity index (χ1n) is 9.39. The molecule has 0 saturated carbocycles. The number of thioether (sulfide) groups is 1. The Labute approximate surface area is 183 Å². The number of rotatable bonds is 5. The normalized spacial score (nSPS) is 15.4. The summed E-state index contributed by atoms with van der Waals surface area (Å²) in [5.74, 6) is 1.20. The van der Waals surface area contributed by atoms with Gasteiger partial charge in [-0.2, -0.15) is 4.98 Å². The fraction of sp³-hybridized carbons (Fsp3) is 0.227. The van der Waals surface area contributed by atoms with E-state index >= 15 is 0 Å². The van der Waals surface area contributed by atoms with Crippen LogP contribution in [0.2, 0.25) is 5.02 Å². The molecule has 0 fully saturated rings. The van der Waals surface area contributed by atoms with E-state index in [9.17, 15) is 9.59 Å². The van der Waals surface area contributed by atoms with E-state index in [0.29, 0.717) is 33.1 Å². The second-order valence-corrected chi connectivity index (χ2v) is 8.36. The molecule has 1 unspecified atom stereocenters. The van der Waals surface area contributed by atoms with Crippen molar-refractivity contribution in [2.45, 2.75) is 23.2 Å². The van der Waals surface area contributed by atoms with Gasteiger partial charge in [0.1, 0.15) is 11.6 Å². The zero-order valence-corrected chi connectivity index (χ0v) is 18.1. The van der Waals surface area contributed by atoms with E-state index < -0.39 is 5.92 Å². The number of anilines is 1. The Balaban J connectivity index is 1.73. The summed E-state index contributed by atoms with van der Waals surface area (Å²) in [5, 5.41) is 4.08. The molecule has 0 spiro atoms. The monoisotopic (exact) mass is 441 g/mol. The molecule has 8 heteroatoms. The van der Waals surface area contributed by atoms with Gasteiger partial charge in [-0.05, 0) is 23.8 Å². The zero-order valence-electron chi connectivity index (χ0n) is 16.5. The molecule has 0 aliphatic carbocycles. The van der Waals surface area contributed by atoms with Crippen molar-refractivity contribution in [2.75, 3.05) is 12.4 Å². The number of para-hydroxylation sites is 1. The number of methoxy groups -OCH3 is 1. The van der Waals surface area contributed by atoms with Crippen LogP contribution >= 0.6 is 23.4 Å². The van der Waals surface area contributed by atoms with Crippen LogP contribution in [0.15, 0.2) is 58.5 Å². The summed E-state index contributed by atoms with van der Waals surface area (Å²) in [4.78, 5) is 29.9. The lowest BCUT2D eigenvalue weighted by Crippen LogP contribution is -2.33. The minimum atomic E-state index is -0.411. The number of ether oxygens (including phenoxy) is 1. The van der Waals surface area contributed by atoms with Gasteiger partial charge in [-0.15, -0.1) is 0 Å². The van der Waals surface area contributed by atoms with Gasteiger partial charge in [0.15, 0.2) is 5.16 Å². The number of aromatic nitrogens is 2. The maximum Gasteiger partial charge on any atom is 0.279 e. The highest BCUT2D eigenvalue weighted by atomic mass is 35.5. The maximum atomic E-state index is 13.0. The summed E-state index contributed by atoms with van der Waals surface area (Å²) in [5.41, 5.74) is 2.01. The molecule has 2 heterocycles. The average Bonchev–Trinajstić information content (AvgIpc) is 2.75. The van der Waals surface area contributed by atoms with Crippen LogP contribution in [0, 0.1) is 0 Å². The van der Waals surface area contributed by atoms with Crippen LogP contribution in [0.4, 0.5) is 5.82 Å². The molecular formula is C22H20ClN3O3S. The molecule has 30 heavy (non-hydrogen) atoms. The van der Waals surface area contributed by atoms with E-state index in [4.69, 9.17) is 16.3 Å². The highest BCUT2D eigenvalue weighted by molar-refractivity contribution is 7.98. The Morgan fingerprint density at radius 3 is 2.67 bits per heavy atom. The minimum Gasteiger partial charge on any atom is -0.496 e. The molecule has 6 nitrogen and oxygen atoms in total. The summed E-state index contributed by atoms with van der Waals surface area (Å²) >= 11 is 7.37. The van der Waals surface area contributed by atoms with Gasteiger partial charge in [0.2, 0.25) is 5.91 Å². The van der Waals surface area contributed by atoms with E-state index in [0.717, 1.165) is 11.1 Å². The lowest BCUT2D eigenvalue weighted by Gasteiger charge is -2.28. The van der Waals surface area contributed by atoms with Crippen LogP contribution in [-0.4, -0.2) is 22.6 Å². The van der Waals surface area contributed by atoms with Gasteiger partial charge in [-0.1, -0.05) is 53.7 Å². The van der Waals surface area contributed by atoms with Crippen LogP contribution in [0.3, 0.4) is 0 Å². The number of hydrogen-bond donors (Lipinski definition) is 1. The van der Waals surface area contributed by atoms with Crippen molar-refractivity contribution in [3.63, 3.8) is 0 Å². The number of amides is 1. The van der Waals surface area contributed by atoms with Crippen molar-refractivity contribution in [3.05, 3.63) is 80.6 Å². The van der Waals surface area contributed by atoms with Crippen molar-refractivity contribution in [1.82, 2.24) is 9.55 Å². The summed E-state index contributed by atoms with van der Waals surface area (Å²) < 4.78 is 7.24. The number of benzene rings is 2. The number of carbonyl (C=O) groups excluding carboxylic acids is 1. The molecule has 0 saturated heterocycles.